The lowest BCUT2D eigenvalue weighted by molar-refractivity contribution is -0.113. The van der Waals surface area contributed by atoms with Gasteiger partial charge in [0.15, 0.2) is 0 Å². The van der Waals surface area contributed by atoms with Crippen molar-refractivity contribution < 1.29 is 4.79 Å². The highest BCUT2D eigenvalue weighted by atomic mass is 16.1. The molecule has 0 aromatic heterocycles. The lowest BCUT2D eigenvalue weighted by Crippen LogP contribution is -2.27. The Morgan fingerprint density at radius 1 is 1.09 bits per heavy atom. The van der Waals surface area contributed by atoms with Gasteiger partial charge in [0.2, 0.25) is 0 Å². The fourth-order valence-corrected chi connectivity index (χ4v) is 3.34. The second-order valence-corrected chi connectivity index (χ2v) is 5.63. The number of aldehydes is 1. The standard InChI is InChI=1S/C18H18N4O/c19-21-20-11-10-17-15-8-4-5-9-16(15)18(13-23)22(17)12-14-6-2-1-3-7-14/h1-9,13,17-18H,10-12H2. The molecule has 23 heavy (non-hydrogen) atoms. The van der Waals surface area contributed by atoms with E-state index in [1.807, 2.05) is 36.4 Å². The SMILES string of the molecule is [N-]=[N+]=NCCC1c2ccccc2C(C=O)N1Cc1ccccc1. The molecule has 0 aliphatic carbocycles. The quantitative estimate of drug-likeness (QED) is 0.347. The van der Waals surface area contributed by atoms with Gasteiger partial charge in [-0.3, -0.25) is 4.90 Å². The van der Waals surface area contributed by atoms with Crippen LogP contribution in [-0.4, -0.2) is 17.7 Å². The van der Waals surface area contributed by atoms with E-state index in [2.05, 4.69) is 33.1 Å². The number of azide groups is 1. The number of fused-ring (bicyclic) bond motifs is 1. The summed E-state index contributed by atoms with van der Waals surface area (Å²) in [5, 5.41) is 3.67. The largest absolute Gasteiger partial charge is 0.301 e. The number of benzene rings is 2. The minimum Gasteiger partial charge on any atom is -0.301 e. The van der Waals surface area contributed by atoms with E-state index in [1.54, 1.807) is 0 Å². The summed E-state index contributed by atoms with van der Waals surface area (Å²) in [4.78, 5) is 16.8. The number of hydrogen-bond donors (Lipinski definition) is 0. The van der Waals surface area contributed by atoms with Crippen LogP contribution < -0.4 is 0 Å². The van der Waals surface area contributed by atoms with Gasteiger partial charge in [-0.25, -0.2) is 0 Å². The van der Waals surface area contributed by atoms with Crippen molar-refractivity contribution >= 4 is 6.29 Å². The van der Waals surface area contributed by atoms with Crippen molar-refractivity contribution in [3.8, 4) is 0 Å². The Bertz CT molecular complexity index is 725. The van der Waals surface area contributed by atoms with Gasteiger partial charge in [0.25, 0.3) is 0 Å². The third-order valence-corrected chi connectivity index (χ3v) is 4.33. The monoisotopic (exact) mass is 306 g/mol. The molecule has 0 amide bonds. The summed E-state index contributed by atoms with van der Waals surface area (Å²) >= 11 is 0. The molecule has 2 aromatic carbocycles. The molecule has 5 heteroatoms. The Morgan fingerprint density at radius 3 is 2.48 bits per heavy atom. The molecule has 116 valence electrons. The molecule has 1 aliphatic rings. The molecule has 0 radical (unpaired) electrons. The maximum Gasteiger partial charge on any atom is 0.141 e. The molecule has 0 spiro atoms. The fourth-order valence-electron chi connectivity index (χ4n) is 3.34. The molecule has 5 nitrogen and oxygen atoms in total. The van der Waals surface area contributed by atoms with Crippen molar-refractivity contribution in [3.63, 3.8) is 0 Å². The molecular formula is C18H18N4O. The topological polar surface area (TPSA) is 69.1 Å². The van der Waals surface area contributed by atoms with Crippen molar-refractivity contribution in [1.29, 1.82) is 0 Å². The van der Waals surface area contributed by atoms with Crippen molar-refractivity contribution in [3.05, 3.63) is 81.7 Å². The Hall–Kier alpha value is -2.62. The van der Waals surface area contributed by atoms with E-state index >= 15 is 0 Å². The molecule has 0 fully saturated rings. The maximum absolute atomic E-state index is 11.7. The van der Waals surface area contributed by atoms with Gasteiger partial charge in [-0.05, 0) is 28.6 Å². The van der Waals surface area contributed by atoms with Crippen LogP contribution in [0.4, 0.5) is 0 Å². The van der Waals surface area contributed by atoms with E-state index < -0.39 is 0 Å². The fraction of sp³-hybridized carbons (Fsp3) is 0.278. The lowest BCUT2D eigenvalue weighted by Gasteiger charge is -2.28. The molecule has 1 heterocycles. The first kappa shape index (κ1) is 15.3. The van der Waals surface area contributed by atoms with Crippen molar-refractivity contribution in [2.75, 3.05) is 6.54 Å². The minimum absolute atomic E-state index is 0.0899. The van der Waals surface area contributed by atoms with Crippen LogP contribution in [-0.2, 0) is 11.3 Å². The normalized spacial score (nSPS) is 19.8. The summed E-state index contributed by atoms with van der Waals surface area (Å²) in [6, 6.07) is 18.0. The second-order valence-electron chi connectivity index (χ2n) is 5.63. The summed E-state index contributed by atoms with van der Waals surface area (Å²) < 4.78 is 0. The number of rotatable bonds is 6. The summed E-state index contributed by atoms with van der Waals surface area (Å²) in [5.74, 6) is 0. The van der Waals surface area contributed by atoms with Crippen LogP contribution in [0.25, 0.3) is 10.4 Å². The van der Waals surface area contributed by atoms with Gasteiger partial charge >= 0.3 is 0 Å². The number of carbonyl (C=O) groups is 1. The lowest BCUT2D eigenvalue weighted by atomic mass is 10.0. The molecule has 0 bridgehead atoms. The molecule has 0 saturated heterocycles. The van der Waals surface area contributed by atoms with Crippen LogP contribution in [0.2, 0.25) is 0 Å². The highest BCUT2D eigenvalue weighted by Gasteiger charge is 2.37. The molecular weight excluding hydrogens is 288 g/mol. The Kier molecular flexibility index (Phi) is 4.71. The Morgan fingerprint density at radius 2 is 1.78 bits per heavy atom. The van der Waals surface area contributed by atoms with Crippen LogP contribution in [0.1, 0.15) is 35.2 Å². The van der Waals surface area contributed by atoms with Gasteiger partial charge < -0.3 is 4.79 Å². The molecule has 1 aliphatic heterocycles. The number of nitrogens with zero attached hydrogens (tertiary/aromatic N) is 4. The first-order valence-corrected chi connectivity index (χ1v) is 7.70. The van der Waals surface area contributed by atoms with Crippen molar-refractivity contribution in [2.24, 2.45) is 5.11 Å². The van der Waals surface area contributed by atoms with Gasteiger partial charge in [0.05, 0.1) is 6.04 Å². The van der Waals surface area contributed by atoms with E-state index in [-0.39, 0.29) is 12.1 Å². The van der Waals surface area contributed by atoms with E-state index in [0.717, 1.165) is 17.4 Å². The number of hydrogen-bond acceptors (Lipinski definition) is 3. The van der Waals surface area contributed by atoms with E-state index in [9.17, 15) is 4.79 Å². The van der Waals surface area contributed by atoms with Crippen LogP contribution in [0.5, 0.6) is 0 Å². The summed E-state index contributed by atoms with van der Waals surface area (Å²) in [5.41, 5.74) is 11.9. The van der Waals surface area contributed by atoms with Gasteiger partial charge in [-0.15, -0.1) is 0 Å². The first-order valence-electron chi connectivity index (χ1n) is 7.70. The van der Waals surface area contributed by atoms with E-state index in [0.29, 0.717) is 19.5 Å². The minimum atomic E-state index is -0.248. The second kappa shape index (κ2) is 7.09. The third-order valence-electron chi connectivity index (χ3n) is 4.33. The highest BCUT2D eigenvalue weighted by molar-refractivity contribution is 5.65. The average Bonchev–Trinajstić information content (AvgIpc) is 2.89. The molecule has 2 unspecified atom stereocenters. The van der Waals surface area contributed by atoms with Gasteiger partial charge in [0.1, 0.15) is 6.29 Å². The summed E-state index contributed by atoms with van der Waals surface area (Å²) in [7, 11) is 0. The Balaban J connectivity index is 1.93. The van der Waals surface area contributed by atoms with Crippen LogP contribution in [0, 0.1) is 0 Å². The van der Waals surface area contributed by atoms with Gasteiger partial charge in [-0.2, -0.15) is 0 Å². The molecule has 0 N–H and O–H groups in total. The smallest absolute Gasteiger partial charge is 0.141 e. The van der Waals surface area contributed by atoms with Crippen LogP contribution in [0.15, 0.2) is 59.7 Å². The van der Waals surface area contributed by atoms with E-state index in [1.165, 1.54) is 5.56 Å². The maximum atomic E-state index is 11.7. The predicted molar refractivity (Wildman–Crippen MR) is 88.6 cm³/mol. The summed E-state index contributed by atoms with van der Waals surface area (Å²) in [6.07, 6.45) is 1.72. The highest BCUT2D eigenvalue weighted by Crippen LogP contribution is 2.43. The zero-order chi connectivity index (χ0) is 16.1. The number of carbonyl (C=O) groups excluding carboxylic acids is 1. The zero-order valence-electron chi connectivity index (χ0n) is 12.7. The van der Waals surface area contributed by atoms with Gasteiger partial charge in [0, 0.05) is 24.0 Å². The van der Waals surface area contributed by atoms with Crippen molar-refractivity contribution in [1.82, 2.24) is 4.90 Å². The zero-order valence-corrected chi connectivity index (χ0v) is 12.7. The average molecular weight is 306 g/mol. The van der Waals surface area contributed by atoms with Gasteiger partial charge in [-0.1, -0.05) is 59.7 Å². The van der Waals surface area contributed by atoms with Crippen LogP contribution in [0.3, 0.4) is 0 Å². The third kappa shape index (κ3) is 3.11. The Labute approximate surface area is 135 Å². The first-order chi connectivity index (χ1) is 11.3. The van der Waals surface area contributed by atoms with Crippen molar-refractivity contribution in [2.45, 2.75) is 25.0 Å². The van der Waals surface area contributed by atoms with E-state index in [4.69, 9.17) is 5.53 Å². The molecule has 2 atom stereocenters. The molecule has 3 rings (SSSR count). The molecule has 0 saturated carbocycles. The molecule has 2 aromatic rings. The predicted octanol–water partition coefficient (Wildman–Crippen LogP) is 4.18. The summed E-state index contributed by atoms with van der Waals surface area (Å²) in [6.45, 7) is 1.12. The van der Waals surface area contributed by atoms with Crippen LogP contribution >= 0.6 is 0 Å².